The Balaban J connectivity index is 2.20. The van der Waals surface area contributed by atoms with Crippen molar-refractivity contribution in [3.8, 4) is 11.5 Å². The van der Waals surface area contributed by atoms with Crippen LogP contribution >= 0.6 is 15.9 Å². The normalized spacial score (nSPS) is 25.4. The highest BCUT2D eigenvalue weighted by Gasteiger charge is 2.36. The number of hydrogen-bond donors (Lipinski definition) is 2. The lowest BCUT2D eigenvalue weighted by Crippen LogP contribution is -2.52. The Morgan fingerprint density at radius 3 is 2.95 bits per heavy atom. The SMILES string of the molecule is COc1cccc(C(=O)NC2(CBr)CCCC(C)C2)c1O. The summed E-state index contributed by atoms with van der Waals surface area (Å²) in [4.78, 5) is 12.5. The van der Waals surface area contributed by atoms with Gasteiger partial charge in [0.05, 0.1) is 18.2 Å². The van der Waals surface area contributed by atoms with Gasteiger partial charge in [-0.15, -0.1) is 0 Å². The monoisotopic (exact) mass is 355 g/mol. The second kappa shape index (κ2) is 6.69. The van der Waals surface area contributed by atoms with Gasteiger partial charge in [-0.1, -0.05) is 41.8 Å². The molecule has 1 saturated carbocycles. The van der Waals surface area contributed by atoms with E-state index in [4.69, 9.17) is 4.74 Å². The Morgan fingerprint density at radius 1 is 1.57 bits per heavy atom. The van der Waals surface area contributed by atoms with Gasteiger partial charge < -0.3 is 15.2 Å². The third-order valence-corrected chi connectivity index (χ3v) is 5.26. The first-order valence-corrected chi connectivity index (χ1v) is 8.38. The third kappa shape index (κ3) is 3.51. The van der Waals surface area contributed by atoms with E-state index in [1.165, 1.54) is 13.5 Å². The molecule has 0 bridgehead atoms. The summed E-state index contributed by atoms with van der Waals surface area (Å²) in [7, 11) is 1.47. The van der Waals surface area contributed by atoms with E-state index in [1.807, 2.05) is 0 Å². The summed E-state index contributed by atoms with van der Waals surface area (Å²) in [5.41, 5.74) is 0.0254. The van der Waals surface area contributed by atoms with Crippen molar-refractivity contribution in [3.63, 3.8) is 0 Å². The summed E-state index contributed by atoms with van der Waals surface area (Å²) in [6.45, 7) is 2.21. The number of aromatic hydroxyl groups is 1. The average molecular weight is 356 g/mol. The van der Waals surface area contributed by atoms with Crippen LogP contribution in [0.1, 0.15) is 43.0 Å². The number of phenols is 1. The average Bonchev–Trinajstić information content (AvgIpc) is 2.47. The Labute approximate surface area is 134 Å². The van der Waals surface area contributed by atoms with Crippen molar-refractivity contribution >= 4 is 21.8 Å². The van der Waals surface area contributed by atoms with Crippen LogP contribution in [0.2, 0.25) is 0 Å². The first kappa shape index (κ1) is 16.1. The van der Waals surface area contributed by atoms with Crippen LogP contribution in [0.3, 0.4) is 0 Å². The number of amides is 1. The number of hydrogen-bond acceptors (Lipinski definition) is 3. The van der Waals surface area contributed by atoms with Gasteiger partial charge in [-0.05, 0) is 30.9 Å². The Morgan fingerprint density at radius 2 is 2.33 bits per heavy atom. The number of para-hydroxylation sites is 1. The second-order valence-corrected chi connectivity index (χ2v) is 6.49. The molecular formula is C16H22BrNO3. The van der Waals surface area contributed by atoms with Crippen LogP contribution in [-0.4, -0.2) is 29.0 Å². The van der Waals surface area contributed by atoms with E-state index < -0.39 is 0 Å². The topological polar surface area (TPSA) is 58.6 Å². The zero-order valence-corrected chi connectivity index (χ0v) is 14.1. The fourth-order valence-electron chi connectivity index (χ4n) is 3.11. The van der Waals surface area contributed by atoms with Crippen LogP contribution in [0.25, 0.3) is 0 Å². The molecule has 2 unspecified atom stereocenters. The van der Waals surface area contributed by atoms with E-state index in [9.17, 15) is 9.90 Å². The number of benzene rings is 1. The lowest BCUT2D eigenvalue weighted by atomic mass is 9.77. The predicted molar refractivity (Wildman–Crippen MR) is 86.3 cm³/mol. The molecule has 0 spiro atoms. The molecule has 5 heteroatoms. The van der Waals surface area contributed by atoms with Gasteiger partial charge in [0.1, 0.15) is 0 Å². The second-order valence-electron chi connectivity index (χ2n) is 5.93. The van der Waals surface area contributed by atoms with Gasteiger partial charge in [0.15, 0.2) is 11.5 Å². The summed E-state index contributed by atoms with van der Waals surface area (Å²) in [5, 5.41) is 13.9. The lowest BCUT2D eigenvalue weighted by molar-refractivity contribution is 0.0866. The number of methoxy groups -OCH3 is 1. The Bertz CT molecular complexity index is 520. The molecule has 1 aromatic rings. The fourth-order valence-corrected chi connectivity index (χ4v) is 3.76. The van der Waals surface area contributed by atoms with Crippen molar-refractivity contribution in [3.05, 3.63) is 23.8 Å². The van der Waals surface area contributed by atoms with Gasteiger partial charge in [0.25, 0.3) is 5.91 Å². The maximum atomic E-state index is 12.5. The first-order valence-electron chi connectivity index (χ1n) is 7.26. The largest absolute Gasteiger partial charge is 0.504 e. The highest BCUT2D eigenvalue weighted by molar-refractivity contribution is 9.09. The predicted octanol–water partition coefficient (Wildman–Crippen LogP) is 3.47. The van der Waals surface area contributed by atoms with Crippen molar-refractivity contribution in [2.45, 2.75) is 38.1 Å². The van der Waals surface area contributed by atoms with Crippen LogP contribution in [0.5, 0.6) is 11.5 Å². The molecule has 2 rings (SSSR count). The molecule has 1 amide bonds. The van der Waals surface area contributed by atoms with Crippen molar-refractivity contribution in [2.75, 3.05) is 12.4 Å². The molecule has 2 atom stereocenters. The Hall–Kier alpha value is -1.23. The Kier molecular flexibility index (Phi) is 5.14. The first-order chi connectivity index (χ1) is 10.0. The minimum absolute atomic E-state index is 0.105. The molecule has 1 aliphatic carbocycles. The maximum absolute atomic E-state index is 12.5. The van der Waals surface area contributed by atoms with Gasteiger partial charge in [0, 0.05) is 5.33 Å². The minimum Gasteiger partial charge on any atom is -0.504 e. The summed E-state index contributed by atoms with van der Waals surface area (Å²) in [5.74, 6) is 0.550. The van der Waals surface area contributed by atoms with Gasteiger partial charge in [-0.3, -0.25) is 4.79 Å². The number of alkyl halides is 1. The summed E-state index contributed by atoms with van der Waals surface area (Å²) in [6.07, 6.45) is 4.22. The number of rotatable bonds is 4. The molecule has 0 aliphatic heterocycles. The highest BCUT2D eigenvalue weighted by atomic mass is 79.9. The molecule has 2 N–H and O–H groups in total. The van der Waals surface area contributed by atoms with E-state index in [-0.39, 0.29) is 22.8 Å². The van der Waals surface area contributed by atoms with E-state index in [0.717, 1.165) is 24.6 Å². The number of halogens is 1. The third-order valence-electron chi connectivity index (χ3n) is 4.19. The van der Waals surface area contributed by atoms with Crippen LogP contribution in [0, 0.1) is 5.92 Å². The number of phenolic OH excluding ortho intramolecular Hbond substituents is 1. The van der Waals surface area contributed by atoms with Gasteiger partial charge in [0.2, 0.25) is 0 Å². The quantitative estimate of drug-likeness (QED) is 0.813. The lowest BCUT2D eigenvalue weighted by Gasteiger charge is -2.39. The molecule has 1 aromatic carbocycles. The summed E-state index contributed by atoms with van der Waals surface area (Å²) in [6, 6.07) is 4.95. The van der Waals surface area contributed by atoms with Gasteiger partial charge >= 0.3 is 0 Å². The number of ether oxygens (including phenoxy) is 1. The number of nitrogens with one attached hydrogen (secondary N) is 1. The van der Waals surface area contributed by atoms with E-state index >= 15 is 0 Å². The van der Waals surface area contributed by atoms with Crippen LogP contribution in [0.15, 0.2) is 18.2 Å². The molecule has 0 saturated heterocycles. The summed E-state index contributed by atoms with van der Waals surface area (Å²) >= 11 is 3.54. The zero-order chi connectivity index (χ0) is 15.5. The molecule has 0 aromatic heterocycles. The molecule has 4 nitrogen and oxygen atoms in total. The van der Waals surface area contributed by atoms with Crippen molar-refractivity contribution in [1.29, 1.82) is 0 Å². The standard InChI is InChI=1S/C16H22BrNO3/c1-11-5-4-8-16(9-11,10-17)18-15(20)12-6-3-7-13(21-2)14(12)19/h3,6-7,11,19H,4-5,8-10H2,1-2H3,(H,18,20). The molecule has 0 radical (unpaired) electrons. The van der Waals surface area contributed by atoms with E-state index in [1.54, 1.807) is 18.2 Å². The summed E-state index contributed by atoms with van der Waals surface area (Å²) < 4.78 is 5.06. The molecule has 0 heterocycles. The van der Waals surface area contributed by atoms with Crippen molar-refractivity contribution < 1.29 is 14.6 Å². The highest BCUT2D eigenvalue weighted by Crippen LogP contribution is 2.35. The number of carbonyl (C=O) groups is 1. The van der Waals surface area contributed by atoms with Crippen LogP contribution < -0.4 is 10.1 Å². The van der Waals surface area contributed by atoms with Crippen molar-refractivity contribution in [2.24, 2.45) is 5.92 Å². The van der Waals surface area contributed by atoms with E-state index in [2.05, 4.69) is 28.2 Å². The minimum atomic E-state index is -0.250. The van der Waals surface area contributed by atoms with Gasteiger partial charge in [-0.2, -0.15) is 0 Å². The van der Waals surface area contributed by atoms with Gasteiger partial charge in [-0.25, -0.2) is 0 Å². The fraction of sp³-hybridized carbons (Fsp3) is 0.562. The van der Waals surface area contributed by atoms with E-state index in [0.29, 0.717) is 11.7 Å². The molecule has 116 valence electrons. The van der Waals surface area contributed by atoms with Crippen LogP contribution in [-0.2, 0) is 0 Å². The smallest absolute Gasteiger partial charge is 0.255 e. The molecule has 1 fully saturated rings. The molecular weight excluding hydrogens is 334 g/mol. The van der Waals surface area contributed by atoms with Crippen LogP contribution in [0.4, 0.5) is 0 Å². The van der Waals surface area contributed by atoms with Crippen molar-refractivity contribution in [1.82, 2.24) is 5.32 Å². The zero-order valence-electron chi connectivity index (χ0n) is 12.5. The number of carbonyl (C=O) groups excluding carboxylic acids is 1. The molecule has 21 heavy (non-hydrogen) atoms. The maximum Gasteiger partial charge on any atom is 0.255 e. The molecule has 1 aliphatic rings.